The summed E-state index contributed by atoms with van der Waals surface area (Å²) in [5.74, 6) is 1.46. The molecule has 0 fully saturated rings. The third kappa shape index (κ3) is 6.89. The van der Waals surface area contributed by atoms with E-state index in [1.54, 1.807) is 19.2 Å². The highest BCUT2D eigenvalue weighted by molar-refractivity contribution is 5.94. The number of aromatic hydroxyl groups is 1. The molecule has 0 aromatic heterocycles. The predicted molar refractivity (Wildman–Crippen MR) is 106 cm³/mol. The number of phenolic OH excluding ortho intramolecular Hbond substituents is 1. The Hall–Kier alpha value is -3.22. The van der Waals surface area contributed by atoms with Gasteiger partial charge in [0.15, 0.2) is 5.96 Å². The fraction of sp³-hybridized carbons (Fsp3) is 0.300. The number of phenols is 1. The van der Waals surface area contributed by atoms with Crippen LogP contribution in [0.1, 0.15) is 22.8 Å². The van der Waals surface area contributed by atoms with Gasteiger partial charge in [-0.05, 0) is 48.9 Å². The first-order valence-corrected chi connectivity index (χ1v) is 8.84. The Morgan fingerprint density at radius 2 is 1.67 bits per heavy atom. The largest absolute Gasteiger partial charge is 0.508 e. The summed E-state index contributed by atoms with van der Waals surface area (Å²) in [5, 5.41) is 18.4. The number of methoxy groups -OCH3 is 1. The second-order valence-electron chi connectivity index (χ2n) is 5.77. The van der Waals surface area contributed by atoms with E-state index in [2.05, 4.69) is 20.9 Å². The van der Waals surface area contributed by atoms with Gasteiger partial charge in [-0.15, -0.1) is 0 Å². The van der Waals surface area contributed by atoms with E-state index >= 15 is 0 Å². The molecule has 1 amide bonds. The van der Waals surface area contributed by atoms with E-state index in [4.69, 9.17) is 4.74 Å². The summed E-state index contributed by atoms with van der Waals surface area (Å²) in [6.45, 7) is 4.27. The lowest BCUT2D eigenvalue weighted by atomic mass is 10.2. The van der Waals surface area contributed by atoms with Gasteiger partial charge in [-0.25, -0.2) is 4.99 Å². The number of carbonyl (C=O) groups excluding carboxylic acids is 1. The highest BCUT2D eigenvalue weighted by atomic mass is 16.5. The van der Waals surface area contributed by atoms with Crippen LogP contribution in [-0.2, 0) is 6.54 Å². The normalized spacial score (nSPS) is 11.0. The SMILES string of the molecule is CCNC(=NCc1ccc(OC)cc1)NCCNC(=O)c1ccc(O)cc1. The minimum atomic E-state index is -0.183. The van der Waals surface area contributed by atoms with Crippen molar-refractivity contribution in [3.63, 3.8) is 0 Å². The van der Waals surface area contributed by atoms with Gasteiger partial charge >= 0.3 is 0 Å². The molecular weight excluding hydrogens is 344 g/mol. The number of rotatable bonds is 8. The van der Waals surface area contributed by atoms with Crippen LogP contribution in [0.4, 0.5) is 0 Å². The molecule has 27 heavy (non-hydrogen) atoms. The number of carbonyl (C=O) groups is 1. The zero-order valence-corrected chi connectivity index (χ0v) is 15.7. The molecule has 7 heteroatoms. The summed E-state index contributed by atoms with van der Waals surface area (Å²) in [6.07, 6.45) is 0. The topological polar surface area (TPSA) is 95.0 Å². The maximum Gasteiger partial charge on any atom is 0.251 e. The maximum atomic E-state index is 12.0. The van der Waals surface area contributed by atoms with Crippen LogP contribution in [0.25, 0.3) is 0 Å². The molecule has 0 spiro atoms. The van der Waals surface area contributed by atoms with Crippen molar-refractivity contribution in [1.82, 2.24) is 16.0 Å². The highest BCUT2D eigenvalue weighted by Crippen LogP contribution is 2.12. The molecule has 2 aromatic carbocycles. The standard InChI is InChI=1S/C20H26N4O3/c1-3-21-20(24-14-15-4-10-18(27-2)11-5-15)23-13-12-22-19(26)16-6-8-17(25)9-7-16/h4-11,25H,3,12-14H2,1-2H3,(H,22,26)(H2,21,23,24). The molecule has 0 unspecified atom stereocenters. The highest BCUT2D eigenvalue weighted by Gasteiger charge is 2.04. The summed E-state index contributed by atoms with van der Waals surface area (Å²) >= 11 is 0. The van der Waals surface area contributed by atoms with Crippen molar-refractivity contribution in [2.75, 3.05) is 26.7 Å². The van der Waals surface area contributed by atoms with E-state index in [-0.39, 0.29) is 11.7 Å². The van der Waals surface area contributed by atoms with Crippen LogP contribution in [-0.4, -0.2) is 43.7 Å². The molecule has 0 atom stereocenters. The smallest absolute Gasteiger partial charge is 0.251 e. The molecular formula is C20H26N4O3. The summed E-state index contributed by atoms with van der Waals surface area (Å²) in [4.78, 5) is 16.5. The maximum absolute atomic E-state index is 12.0. The Labute approximate surface area is 159 Å². The van der Waals surface area contributed by atoms with Gasteiger partial charge in [0.05, 0.1) is 13.7 Å². The van der Waals surface area contributed by atoms with Crippen LogP contribution in [0, 0.1) is 0 Å². The monoisotopic (exact) mass is 370 g/mol. The zero-order valence-electron chi connectivity index (χ0n) is 15.7. The van der Waals surface area contributed by atoms with Crippen molar-refractivity contribution < 1.29 is 14.6 Å². The fourth-order valence-corrected chi connectivity index (χ4v) is 2.31. The number of nitrogens with zero attached hydrogens (tertiary/aromatic N) is 1. The average molecular weight is 370 g/mol. The molecule has 4 N–H and O–H groups in total. The predicted octanol–water partition coefficient (Wildman–Crippen LogP) is 1.89. The molecule has 0 bridgehead atoms. The third-order valence-corrected chi connectivity index (χ3v) is 3.76. The molecule has 0 aliphatic heterocycles. The number of amides is 1. The molecule has 0 heterocycles. The average Bonchev–Trinajstić information content (AvgIpc) is 2.70. The van der Waals surface area contributed by atoms with Crippen LogP contribution in [0.2, 0.25) is 0 Å². The number of benzene rings is 2. The van der Waals surface area contributed by atoms with Crippen molar-refractivity contribution >= 4 is 11.9 Å². The summed E-state index contributed by atoms with van der Waals surface area (Å²) < 4.78 is 5.15. The number of hydrogen-bond acceptors (Lipinski definition) is 4. The summed E-state index contributed by atoms with van der Waals surface area (Å²) in [7, 11) is 1.64. The summed E-state index contributed by atoms with van der Waals surface area (Å²) in [5.41, 5.74) is 1.58. The van der Waals surface area contributed by atoms with E-state index in [1.165, 1.54) is 12.1 Å². The molecule has 0 saturated heterocycles. The van der Waals surface area contributed by atoms with Crippen molar-refractivity contribution in [2.45, 2.75) is 13.5 Å². The zero-order chi connectivity index (χ0) is 19.5. The van der Waals surface area contributed by atoms with Crippen molar-refractivity contribution in [3.05, 3.63) is 59.7 Å². The van der Waals surface area contributed by atoms with Crippen molar-refractivity contribution in [2.24, 2.45) is 4.99 Å². The Morgan fingerprint density at radius 1 is 1.00 bits per heavy atom. The van der Waals surface area contributed by atoms with Gasteiger partial charge in [0.25, 0.3) is 5.91 Å². The van der Waals surface area contributed by atoms with Crippen LogP contribution in [0.15, 0.2) is 53.5 Å². The van der Waals surface area contributed by atoms with Crippen LogP contribution < -0.4 is 20.7 Å². The quantitative estimate of drug-likeness (QED) is 0.323. The number of guanidine groups is 1. The Bertz CT molecular complexity index is 743. The van der Waals surface area contributed by atoms with E-state index in [0.717, 1.165) is 17.9 Å². The molecule has 144 valence electrons. The van der Waals surface area contributed by atoms with Gasteiger partial charge < -0.3 is 25.8 Å². The Balaban J connectivity index is 1.79. The van der Waals surface area contributed by atoms with Gasteiger partial charge in [0.2, 0.25) is 0 Å². The van der Waals surface area contributed by atoms with Gasteiger partial charge in [0, 0.05) is 25.2 Å². The number of aliphatic imine (C=N–C) groups is 1. The van der Waals surface area contributed by atoms with Crippen LogP contribution >= 0.6 is 0 Å². The number of hydrogen-bond donors (Lipinski definition) is 4. The van der Waals surface area contributed by atoms with E-state index in [0.29, 0.717) is 31.2 Å². The number of nitrogens with one attached hydrogen (secondary N) is 3. The van der Waals surface area contributed by atoms with Crippen LogP contribution in [0.3, 0.4) is 0 Å². The van der Waals surface area contributed by atoms with Gasteiger partial charge in [-0.1, -0.05) is 12.1 Å². The minimum Gasteiger partial charge on any atom is -0.508 e. The van der Waals surface area contributed by atoms with Crippen LogP contribution in [0.5, 0.6) is 11.5 Å². The lowest BCUT2D eigenvalue weighted by Gasteiger charge is -2.12. The molecule has 0 aliphatic rings. The Kier molecular flexibility index (Phi) is 7.96. The third-order valence-electron chi connectivity index (χ3n) is 3.76. The second-order valence-corrected chi connectivity index (χ2v) is 5.77. The van der Waals surface area contributed by atoms with Gasteiger partial charge in [0.1, 0.15) is 11.5 Å². The Morgan fingerprint density at radius 3 is 2.30 bits per heavy atom. The molecule has 0 aliphatic carbocycles. The molecule has 2 aromatic rings. The van der Waals surface area contributed by atoms with E-state index < -0.39 is 0 Å². The first kappa shape index (κ1) is 20.1. The van der Waals surface area contributed by atoms with Crippen molar-refractivity contribution in [3.8, 4) is 11.5 Å². The lowest BCUT2D eigenvalue weighted by molar-refractivity contribution is 0.0954. The molecule has 0 saturated carbocycles. The van der Waals surface area contributed by atoms with Crippen molar-refractivity contribution in [1.29, 1.82) is 0 Å². The second kappa shape index (κ2) is 10.7. The first-order chi connectivity index (χ1) is 13.1. The first-order valence-electron chi connectivity index (χ1n) is 8.84. The molecule has 0 radical (unpaired) electrons. The fourth-order valence-electron chi connectivity index (χ4n) is 2.31. The minimum absolute atomic E-state index is 0.136. The van der Waals surface area contributed by atoms with E-state index in [1.807, 2.05) is 31.2 Å². The van der Waals surface area contributed by atoms with Gasteiger partial charge in [-0.2, -0.15) is 0 Å². The summed E-state index contributed by atoms with van der Waals surface area (Å²) in [6, 6.07) is 13.9. The number of ether oxygens (including phenoxy) is 1. The van der Waals surface area contributed by atoms with E-state index in [9.17, 15) is 9.90 Å². The van der Waals surface area contributed by atoms with Gasteiger partial charge in [-0.3, -0.25) is 4.79 Å². The molecule has 7 nitrogen and oxygen atoms in total. The lowest BCUT2D eigenvalue weighted by Crippen LogP contribution is -2.41. The molecule has 2 rings (SSSR count).